The smallest absolute Gasteiger partial charge is 0.408 e. The van der Waals surface area contributed by atoms with Crippen LogP contribution in [0.25, 0.3) is 0 Å². The molecule has 0 radical (unpaired) electrons. The van der Waals surface area contributed by atoms with Crippen LogP contribution in [0.2, 0.25) is 0 Å². The van der Waals surface area contributed by atoms with Crippen molar-refractivity contribution in [3.8, 4) is 0 Å². The second-order valence-corrected chi connectivity index (χ2v) is 18.5. The number of methoxy groups -OCH3 is 2. The van der Waals surface area contributed by atoms with Crippen LogP contribution in [0.1, 0.15) is 102 Å². The molecule has 1 saturated heterocycles. The van der Waals surface area contributed by atoms with Gasteiger partial charge >= 0.3 is 24.0 Å². The van der Waals surface area contributed by atoms with E-state index in [1.807, 2.05) is 12.2 Å². The molecule has 2 aromatic rings. The average Bonchev–Trinajstić information content (AvgIpc) is 3.25. The maximum Gasteiger partial charge on any atom is 0.408 e. The minimum Gasteiger partial charge on any atom is -0.456 e. The Morgan fingerprint density at radius 3 is 2.22 bits per heavy atom. The number of Topliss-reactive ketones (excluding diaryl/α,β-unsaturated/α-hetero) is 1. The molecule has 12 atom stereocenters. The SMILES string of the molecule is CO[C@H]1C(=O)[C@@]2(C)C(C(OC(=O)c3ccccc3)[C@]3(O)C[C@H](OC(=O)[C@H](O)[C@@H](NC(=O)OC4/C=C/CCCCC4)c4ccccc4)C(C)=C1C3(C)C)[C@]1(OC(C)=O)CO[C@@H]1C[C@@H]2OC. The lowest BCUT2D eigenvalue weighted by atomic mass is 9.44. The minimum atomic E-state index is -2.22. The maximum absolute atomic E-state index is 15.6. The van der Waals surface area contributed by atoms with E-state index in [0.717, 1.165) is 25.7 Å². The number of carbonyl (C=O) groups is 5. The average molecular weight is 888 g/mol. The molecule has 1 aliphatic heterocycles. The molecular weight excluding hydrogens is 827 g/mol. The first-order chi connectivity index (χ1) is 30.4. The van der Waals surface area contributed by atoms with Gasteiger partial charge < -0.3 is 48.7 Å². The minimum absolute atomic E-state index is 0.123. The highest BCUT2D eigenvalue weighted by Crippen LogP contribution is 2.64. The van der Waals surface area contributed by atoms with Crippen LogP contribution in [-0.2, 0) is 47.5 Å². The number of fused-ring (bicyclic) bond motifs is 5. The van der Waals surface area contributed by atoms with E-state index >= 15 is 4.79 Å². The number of aliphatic hydroxyl groups excluding tert-OH is 1. The number of esters is 3. The van der Waals surface area contributed by atoms with E-state index < -0.39 is 113 Å². The molecule has 1 amide bonds. The Morgan fingerprint density at radius 2 is 1.59 bits per heavy atom. The standard InChI is InChI=1S/C49H61NO14/c1-28-33(62-44(55)38(52)37(30-19-13-11-14-20-30)50-45(56)61-32-23-17-9-8-10-18-24-32)26-49(57)42(63-43(54)31-21-15-12-16-22-31)40-47(5,41(53)39(59-7)36(28)46(49,3)4)34(58-6)25-35-48(40,27-60-35)64-29(2)51/h11-17,19-23,32-35,37-40,42,52,57H,8-10,18,24-27H2,1-7H3,(H,50,56)/b23-17+/t32?,33-,34-,35+,37-,38+,39+,40?,42?,47+,48-,49+/m0/s1. The van der Waals surface area contributed by atoms with Gasteiger partial charge in [0.2, 0.25) is 0 Å². The van der Waals surface area contributed by atoms with E-state index in [9.17, 15) is 29.4 Å². The highest BCUT2D eigenvalue weighted by atomic mass is 16.6. The summed E-state index contributed by atoms with van der Waals surface area (Å²) in [5.41, 5.74) is -5.80. The zero-order valence-electron chi connectivity index (χ0n) is 37.6. The first-order valence-electron chi connectivity index (χ1n) is 22.1. The molecule has 64 heavy (non-hydrogen) atoms. The second-order valence-electron chi connectivity index (χ2n) is 18.5. The number of alkyl carbamates (subject to hydrolysis) is 1. The van der Waals surface area contributed by atoms with E-state index in [0.29, 0.717) is 17.6 Å². The van der Waals surface area contributed by atoms with Crippen LogP contribution in [0.15, 0.2) is 84.0 Å². The number of carbonyl (C=O) groups excluding carboxylic acids is 5. The number of allylic oxidation sites excluding steroid dienone is 1. The number of ether oxygens (including phenoxy) is 7. The number of aliphatic hydroxyl groups is 2. The van der Waals surface area contributed by atoms with E-state index in [1.54, 1.807) is 88.4 Å². The molecule has 2 aromatic carbocycles. The molecule has 0 spiro atoms. The van der Waals surface area contributed by atoms with Gasteiger partial charge in [0.1, 0.15) is 36.1 Å². The van der Waals surface area contributed by atoms with Gasteiger partial charge in [-0.1, -0.05) is 74.9 Å². The van der Waals surface area contributed by atoms with Crippen LogP contribution in [-0.4, -0.2) is 115 Å². The number of nitrogens with one attached hydrogen (secondary N) is 1. The summed E-state index contributed by atoms with van der Waals surface area (Å²) in [4.78, 5) is 70.9. The molecule has 1 heterocycles. The third-order valence-electron chi connectivity index (χ3n) is 14.6. The molecule has 346 valence electrons. The molecule has 2 saturated carbocycles. The predicted molar refractivity (Wildman–Crippen MR) is 229 cm³/mol. The molecule has 5 aliphatic rings. The predicted octanol–water partition coefficient (Wildman–Crippen LogP) is 5.66. The van der Waals surface area contributed by atoms with E-state index in [2.05, 4.69) is 5.32 Å². The Bertz CT molecular complexity index is 2140. The van der Waals surface area contributed by atoms with Crippen LogP contribution in [0.4, 0.5) is 4.79 Å². The lowest BCUT2D eigenvalue weighted by Gasteiger charge is -2.67. The summed E-state index contributed by atoms with van der Waals surface area (Å²) in [6.07, 6.45) is -1.54. The summed E-state index contributed by atoms with van der Waals surface area (Å²) in [5.74, 6) is -4.50. The lowest BCUT2D eigenvalue weighted by molar-refractivity contribution is -0.347. The largest absolute Gasteiger partial charge is 0.456 e. The summed E-state index contributed by atoms with van der Waals surface area (Å²) in [7, 11) is 2.80. The molecule has 3 N–H and O–H groups in total. The van der Waals surface area contributed by atoms with Gasteiger partial charge in [-0.15, -0.1) is 0 Å². The van der Waals surface area contributed by atoms with Crippen molar-refractivity contribution in [2.45, 2.75) is 140 Å². The van der Waals surface area contributed by atoms with Crippen LogP contribution in [0.3, 0.4) is 0 Å². The quantitative estimate of drug-likeness (QED) is 0.142. The molecule has 7 rings (SSSR count). The molecule has 4 aliphatic carbocycles. The van der Waals surface area contributed by atoms with Gasteiger partial charge in [0, 0.05) is 39.4 Å². The van der Waals surface area contributed by atoms with Crippen molar-refractivity contribution in [2.75, 3.05) is 20.8 Å². The Balaban J connectivity index is 1.32. The molecule has 15 nitrogen and oxygen atoms in total. The molecule has 0 aromatic heterocycles. The fraction of sp³-hybridized carbons (Fsp3) is 0.571. The topological polar surface area (TPSA) is 202 Å². The Labute approximate surface area is 373 Å². The van der Waals surface area contributed by atoms with Crippen LogP contribution < -0.4 is 5.32 Å². The number of hydrogen-bond acceptors (Lipinski definition) is 14. The van der Waals surface area contributed by atoms with Crippen molar-refractivity contribution >= 4 is 29.8 Å². The zero-order valence-corrected chi connectivity index (χ0v) is 37.6. The van der Waals surface area contributed by atoms with Gasteiger partial charge in [0.25, 0.3) is 0 Å². The number of amides is 1. The number of ketones is 1. The molecule has 3 unspecified atom stereocenters. The second kappa shape index (κ2) is 18.5. The monoisotopic (exact) mass is 887 g/mol. The third kappa shape index (κ3) is 8.18. The maximum atomic E-state index is 15.6. The highest BCUT2D eigenvalue weighted by molar-refractivity contribution is 5.94. The van der Waals surface area contributed by atoms with Gasteiger partial charge in [-0.2, -0.15) is 0 Å². The molecular formula is C49H61NO14. The van der Waals surface area contributed by atoms with Gasteiger partial charge in [-0.3, -0.25) is 9.59 Å². The fourth-order valence-corrected chi connectivity index (χ4v) is 11.2. The van der Waals surface area contributed by atoms with Crippen LogP contribution in [0, 0.1) is 16.7 Å². The van der Waals surface area contributed by atoms with Gasteiger partial charge in [-0.25, -0.2) is 14.4 Å². The third-order valence-corrected chi connectivity index (χ3v) is 14.6. The summed E-state index contributed by atoms with van der Waals surface area (Å²) in [6.45, 7) is 7.74. The van der Waals surface area contributed by atoms with Gasteiger partial charge in [0.15, 0.2) is 17.5 Å². The Kier molecular flexibility index (Phi) is 13.6. The van der Waals surface area contributed by atoms with Crippen molar-refractivity contribution in [1.29, 1.82) is 0 Å². The summed E-state index contributed by atoms with van der Waals surface area (Å²) < 4.78 is 42.9. The molecule has 3 fully saturated rings. The van der Waals surface area contributed by atoms with Gasteiger partial charge in [-0.05, 0) is 74.4 Å². The first kappa shape index (κ1) is 47.0. The van der Waals surface area contributed by atoms with Crippen molar-refractivity contribution in [3.63, 3.8) is 0 Å². The summed E-state index contributed by atoms with van der Waals surface area (Å²) in [6, 6.07) is 15.2. The molecule has 2 bridgehead atoms. The highest BCUT2D eigenvalue weighted by Gasteiger charge is 2.78. The fourth-order valence-electron chi connectivity index (χ4n) is 11.2. The van der Waals surface area contributed by atoms with Crippen LogP contribution in [0.5, 0.6) is 0 Å². The molecule has 15 heteroatoms. The summed E-state index contributed by atoms with van der Waals surface area (Å²) >= 11 is 0. The Morgan fingerprint density at radius 1 is 0.906 bits per heavy atom. The number of benzene rings is 2. The first-order valence-corrected chi connectivity index (χ1v) is 22.1. The van der Waals surface area contributed by atoms with Crippen molar-refractivity contribution in [2.24, 2.45) is 16.7 Å². The van der Waals surface area contributed by atoms with Crippen molar-refractivity contribution in [1.82, 2.24) is 5.32 Å². The summed E-state index contributed by atoms with van der Waals surface area (Å²) in [5, 5.41) is 28.3. The Hall–Kier alpha value is -4.93. The normalized spacial score (nSPS) is 34.6. The zero-order chi connectivity index (χ0) is 46.2. The van der Waals surface area contributed by atoms with E-state index in [-0.39, 0.29) is 24.2 Å². The lowest BCUT2D eigenvalue weighted by Crippen LogP contribution is -2.82. The van der Waals surface area contributed by atoms with Crippen molar-refractivity contribution < 1.29 is 67.3 Å². The number of rotatable bonds is 11. The van der Waals surface area contributed by atoms with Gasteiger partial charge in [0.05, 0.1) is 35.6 Å². The number of hydrogen-bond donors (Lipinski definition) is 3. The van der Waals surface area contributed by atoms with E-state index in [1.165, 1.54) is 21.1 Å². The van der Waals surface area contributed by atoms with Crippen LogP contribution >= 0.6 is 0 Å². The van der Waals surface area contributed by atoms with Crippen molar-refractivity contribution in [3.05, 3.63) is 95.1 Å². The van der Waals surface area contributed by atoms with E-state index in [4.69, 9.17) is 33.2 Å².